The Hall–Kier alpha value is -3.22. The van der Waals surface area contributed by atoms with Crippen molar-refractivity contribution in [2.24, 2.45) is 11.7 Å². The number of carbonyl (C=O) groups excluding carboxylic acids is 2. The van der Waals surface area contributed by atoms with Crippen LogP contribution in [0.5, 0.6) is 0 Å². The molecule has 12 heteroatoms. The number of guanidine groups is 1. The van der Waals surface area contributed by atoms with Crippen molar-refractivity contribution in [2.45, 2.75) is 42.7 Å². The van der Waals surface area contributed by atoms with Crippen LogP contribution < -0.4 is 15.8 Å². The Morgan fingerprint density at radius 1 is 1.11 bits per heavy atom. The summed E-state index contributed by atoms with van der Waals surface area (Å²) in [5.74, 6) is -1.02. The lowest BCUT2D eigenvalue weighted by molar-refractivity contribution is -0.135. The van der Waals surface area contributed by atoms with Gasteiger partial charge in [0.15, 0.2) is 5.96 Å². The first-order valence-electron chi connectivity index (χ1n) is 12.5. The maximum atomic E-state index is 13.3. The number of aliphatic hydroxyl groups excluding tert-OH is 1. The molecule has 0 unspecified atom stereocenters. The van der Waals surface area contributed by atoms with Gasteiger partial charge in [0.1, 0.15) is 6.04 Å². The van der Waals surface area contributed by atoms with E-state index in [4.69, 9.17) is 11.1 Å². The minimum absolute atomic E-state index is 0.00905. The highest BCUT2D eigenvalue weighted by molar-refractivity contribution is 7.89. The van der Waals surface area contributed by atoms with E-state index < -0.39 is 28.6 Å². The lowest BCUT2D eigenvalue weighted by Crippen LogP contribution is -2.54. The fraction of sp³-hybridized carbons (Fsp3) is 0.480. The first-order valence-corrected chi connectivity index (χ1v) is 14.0. The minimum Gasteiger partial charge on any atom is -0.394 e. The highest BCUT2D eigenvalue weighted by atomic mass is 32.2. The molecule has 2 heterocycles. The maximum absolute atomic E-state index is 13.3. The number of hydrogen-bond donors (Lipinski definition) is 5. The predicted octanol–water partition coefficient (Wildman–Crippen LogP) is 0.192. The normalized spacial score (nSPS) is 21.1. The number of nitrogens with one attached hydrogen (secondary N) is 3. The van der Waals surface area contributed by atoms with E-state index in [-0.39, 0.29) is 35.3 Å². The molecule has 37 heavy (non-hydrogen) atoms. The SMILES string of the molecule is N=C(N)N1CCC[C@H](C(=O)NC[C@@H]2CCCN2C(=O)[C@H](CO)NS(=O)(=O)c2ccc3ccccc3c2)C1. The number of nitrogens with zero attached hydrogens (tertiary/aromatic N) is 2. The van der Waals surface area contributed by atoms with Crippen molar-refractivity contribution in [3.63, 3.8) is 0 Å². The minimum atomic E-state index is -4.07. The van der Waals surface area contributed by atoms with Crippen molar-refractivity contribution in [1.29, 1.82) is 5.41 Å². The Balaban J connectivity index is 1.38. The van der Waals surface area contributed by atoms with Crippen LogP contribution in [-0.4, -0.2) is 86.0 Å². The Bertz CT molecular complexity index is 1270. The number of carbonyl (C=O) groups is 2. The van der Waals surface area contributed by atoms with Crippen molar-refractivity contribution in [1.82, 2.24) is 19.8 Å². The molecule has 4 rings (SSSR count). The fourth-order valence-corrected chi connectivity index (χ4v) is 6.28. The zero-order valence-corrected chi connectivity index (χ0v) is 21.4. The van der Waals surface area contributed by atoms with Crippen LogP contribution in [0, 0.1) is 11.3 Å². The summed E-state index contributed by atoms with van der Waals surface area (Å²) in [5.41, 5.74) is 5.57. The van der Waals surface area contributed by atoms with E-state index in [0.717, 1.165) is 17.2 Å². The molecule has 2 amide bonds. The summed E-state index contributed by atoms with van der Waals surface area (Å²) in [6.45, 7) is 0.995. The molecule has 3 atom stereocenters. The van der Waals surface area contributed by atoms with E-state index in [1.54, 1.807) is 17.0 Å². The second-order valence-electron chi connectivity index (χ2n) is 9.61. The van der Waals surface area contributed by atoms with E-state index in [0.29, 0.717) is 38.9 Å². The first kappa shape index (κ1) is 26.8. The highest BCUT2D eigenvalue weighted by Crippen LogP contribution is 2.22. The van der Waals surface area contributed by atoms with Gasteiger partial charge in [-0.05, 0) is 48.6 Å². The van der Waals surface area contributed by atoms with Crippen molar-refractivity contribution < 1.29 is 23.1 Å². The molecule has 2 saturated heterocycles. The van der Waals surface area contributed by atoms with Gasteiger partial charge in [-0.2, -0.15) is 4.72 Å². The quantitative estimate of drug-likeness (QED) is 0.240. The third kappa shape index (κ3) is 6.20. The number of fused-ring (bicyclic) bond motifs is 1. The van der Waals surface area contributed by atoms with Crippen molar-refractivity contribution >= 4 is 38.6 Å². The Morgan fingerprint density at radius 3 is 2.57 bits per heavy atom. The largest absolute Gasteiger partial charge is 0.394 e. The first-order chi connectivity index (χ1) is 17.7. The van der Waals surface area contributed by atoms with Gasteiger partial charge >= 0.3 is 0 Å². The molecule has 2 aliphatic heterocycles. The number of benzene rings is 2. The van der Waals surface area contributed by atoms with Gasteiger partial charge in [-0.3, -0.25) is 15.0 Å². The van der Waals surface area contributed by atoms with Crippen molar-refractivity contribution in [3.8, 4) is 0 Å². The van der Waals surface area contributed by atoms with E-state index in [1.807, 2.05) is 18.2 Å². The maximum Gasteiger partial charge on any atom is 0.243 e. The lowest BCUT2D eigenvalue weighted by Gasteiger charge is -2.33. The number of likely N-dealkylation sites (tertiary alicyclic amines) is 2. The van der Waals surface area contributed by atoms with Crippen molar-refractivity contribution in [3.05, 3.63) is 42.5 Å². The van der Waals surface area contributed by atoms with Gasteiger partial charge in [-0.25, -0.2) is 8.42 Å². The van der Waals surface area contributed by atoms with Gasteiger partial charge in [-0.1, -0.05) is 30.3 Å². The molecule has 200 valence electrons. The Kier molecular flexibility index (Phi) is 8.30. The summed E-state index contributed by atoms with van der Waals surface area (Å²) >= 11 is 0. The molecule has 2 aliphatic rings. The Labute approximate surface area is 216 Å². The molecular formula is C25H34N6O5S. The van der Waals surface area contributed by atoms with E-state index in [9.17, 15) is 23.1 Å². The molecule has 2 aromatic carbocycles. The van der Waals surface area contributed by atoms with Crippen molar-refractivity contribution in [2.75, 3.05) is 32.8 Å². The summed E-state index contributed by atoms with van der Waals surface area (Å²) in [6, 6.07) is 10.4. The van der Waals surface area contributed by atoms with Crippen LogP contribution in [-0.2, 0) is 19.6 Å². The molecule has 0 bridgehead atoms. The van der Waals surface area contributed by atoms with E-state index in [1.165, 1.54) is 17.0 Å². The van der Waals surface area contributed by atoms with Crippen LogP contribution in [0.25, 0.3) is 10.8 Å². The molecule has 2 fully saturated rings. The number of hydrogen-bond acceptors (Lipinski definition) is 6. The molecule has 0 aliphatic carbocycles. The second kappa shape index (κ2) is 11.4. The Morgan fingerprint density at radius 2 is 1.84 bits per heavy atom. The highest BCUT2D eigenvalue weighted by Gasteiger charge is 2.36. The number of nitrogens with two attached hydrogens (primary N) is 1. The molecule has 0 radical (unpaired) electrons. The number of piperidine rings is 1. The smallest absolute Gasteiger partial charge is 0.243 e. The van der Waals surface area contributed by atoms with Crippen LogP contribution in [0.3, 0.4) is 0 Å². The van der Waals surface area contributed by atoms with Crippen LogP contribution in [0.1, 0.15) is 25.7 Å². The zero-order valence-electron chi connectivity index (χ0n) is 20.6. The van der Waals surface area contributed by atoms with Gasteiger partial charge < -0.3 is 26.0 Å². The van der Waals surface area contributed by atoms with Crippen LogP contribution in [0.15, 0.2) is 47.4 Å². The fourth-order valence-electron chi connectivity index (χ4n) is 5.07. The molecule has 11 nitrogen and oxygen atoms in total. The lowest BCUT2D eigenvalue weighted by atomic mass is 9.97. The van der Waals surface area contributed by atoms with Crippen LogP contribution in [0.2, 0.25) is 0 Å². The zero-order chi connectivity index (χ0) is 26.6. The molecular weight excluding hydrogens is 496 g/mol. The number of sulfonamides is 1. The standard InChI is InChI=1S/C25H34N6O5S/c26-25(27)30-11-3-7-19(15-30)23(33)28-14-20-8-4-12-31(20)24(34)22(16-32)29-37(35,36)21-10-9-17-5-1-2-6-18(17)13-21/h1-2,5-6,9-10,13,19-20,22,29,32H,3-4,7-8,11-12,14-16H2,(H3,26,27)(H,28,33)/t19-,20-,22-/m0/s1. The summed E-state index contributed by atoms with van der Waals surface area (Å²) in [5, 5.41) is 22.1. The molecule has 0 aromatic heterocycles. The summed E-state index contributed by atoms with van der Waals surface area (Å²) in [7, 11) is -4.07. The average Bonchev–Trinajstić information content (AvgIpc) is 3.38. The van der Waals surface area contributed by atoms with Crippen LogP contribution >= 0.6 is 0 Å². The number of aliphatic hydroxyl groups is 1. The molecule has 6 N–H and O–H groups in total. The monoisotopic (exact) mass is 530 g/mol. The van der Waals surface area contributed by atoms with Gasteiger partial charge in [0.2, 0.25) is 21.8 Å². The van der Waals surface area contributed by atoms with E-state index >= 15 is 0 Å². The third-order valence-electron chi connectivity index (χ3n) is 7.11. The van der Waals surface area contributed by atoms with Gasteiger partial charge in [-0.15, -0.1) is 0 Å². The van der Waals surface area contributed by atoms with Gasteiger partial charge in [0.05, 0.1) is 17.4 Å². The van der Waals surface area contributed by atoms with E-state index in [2.05, 4.69) is 10.0 Å². The third-order valence-corrected chi connectivity index (χ3v) is 8.58. The summed E-state index contributed by atoms with van der Waals surface area (Å²) in [6.07, 6.45) is 2.84. The van der Waals surface area contributed by atoms with Gasteiger partial charge in [0, 0.05) is 32.2 Å². The predicted molar refractivity (Wildman–Crippen MR) is 139 cm³/mol. The molecule has 0 saturated carbocycles. The number of rotatable bonds is 8. The second-order valence-corrected chi connectivity index (χ2v) is 11.3. The van der Waals surface area contributed by atoms with Crippen LogP contribution in [0.4, 0.5) is 0 Å². The number of amides is 2. The summed E-state index contributed by atoms with van der Waals surface area (Å²) < 4.78 is 28.4. The molecule has 0 spiro atoms. The molecule has 2 aromatic rings. The average molecular weight is 531 g/mol. The summed E-state index contributed by atoms with van der Waals surface area (Å²) in [4.78, 5) is 29.2. The topological polar surface area (TPSA) is 169 Å². The van der Waals surface area contributed by atoms with Gasteiger partial charge in [0.25, 0.3) is 0 Å².